The fraction of sp³-hybridized carbons (Fsp3) is 0.750. The van der Waals surface area contributed by atoms with Crippen molar-refractivity contribution in [2.75, 3.05) is 18.8 Å². The highest BCUT2D eigenvalue weighted by atomic mass is 32.2. The first-order valence-electron chi connectivity index (χ1n) is 6.84. The van der Waals surface area contributed by atoms with Crippen molar-refractivity contribution in [3.8, 4) is 0 Å². The van der Waals surface area contributed by atoms with Crippen molar-refractivity contribution < 1.29 is 16.8 Å². The predicted molar refractivity (Wildman–Crippen MR) is 79.3 cm³/mol. The highest BCUT2D eigenvalue weighted by Gasteiger charge is 2.43. The molecule has 9 heteroatoms. The molecule has 0 amide bonds. The first-order valence-corrected chi connectivity index (χ1v) is 10.00. The smallest absolute Gasteiger partial charge is 0.262 e. The number of imidazole rings is 1. The van der Waals surface area contributed by atoms with Gasteiger partial charge in [-0.05, 0) is 0 Å². The van der Waals surface area contributed by atoms with Crippen molar-refractivity contribution in [1.29, 1.82) is 0 Å². The van der Waals surface area contributed by atoms with E-state index in [2.05, 4.69) is 4.98 Å². The summed E-state index contributed by atoms with van der Waals surface area (Å²) in [7, 11) is -5.14. The standard InChI is InChI=1S/C12H21N3O4S2/c1-5-20(16,17)10-6-15(7-10)21(18,19)11-8-14(4)12(13-11)9(2)3/h8-10H,5-7H2,1-4H3. The van der Waals surface area contributed by atoms with Gasteiger partial charge in [0, 0.05) is 38.0 Å². The fourth-order valence-electron chi connectivity index (χ4n) is 2.31. The number of rotatable bonds is 5. The third kappa shape index (κ3) is 2.86. The van der Waals surface area contributed by atoms with E-state index in [4.69, 9.17) is 0 Å². The molecular formula is C12H21N3O4S2. The van der Waals surface area contributed by atoms with Crippen molar-refractivity contribution in [2.45, 2.75) is 37.0 Å². The topological polar surface area (TPSA) is 89.3 Å². The first kappa shape index (κ1) is 16.4. The molecule has 120 valence electrons. The minimum absolute atomic E-state index is 0.0129. The van der Waals surface area contributed by atoms with Crippen LogP contribution in [0.25, 0.3) is 0 Å². The molecule has 0 aliphatic carbocycles. The van der Waals surface area contributed by atoms with Crippen molar-refractivity contribution in [2.24, 2.45) is 7.05 Å². The maximum atomic E-state index is 12.4. The summed E-state index contributed by atoms with van der Waals surface area (Å²) in [6.07, 6.45) is 1.48. The van der Waals surface area contributed by atoms with Gasteiger partial charge in [0.2, 0.25) is 0 Å². The molecule has 2 heterocycles. The minimum Gasteiger partial charge on any atom is -0.336 e. The SMILES string of the molecule is CCS(=O)(=O)C1CN(S(=O)(=O)c2cn(C)c(C(C)C)n2)C1. The summed E-state index contributed by atoms with van der Waals surface area (Å²) in [5.41, 5.74) is 0. The number of hydrogen-bond donors (Lipinski definition) is 0. The molecule has 0 radical (unpaired) electrons. The summed E-state index contributed by atoms with van der Waals surface area (Å²) in [6, 6.07) is 0. The number of aryl methyl sites for hydroxylation is 1. The van der Waals surface area contributed by atoms with Gasteiger partial charge in [-0.3, -0.25) is 0 Å². The molecule has 0 bridgehead atoms. The van der Waals surface area contributed by atoms with Crippen molar-refractivity contribution in [3.05, 3.63) is 12.0 Å². The number of nitrogens with zero attached hydrogens (tertiary/aromatic N) is 3. The molecule has 1 aliphatic heterocycles. The Labute approximate surface area is 125 Å². The quantitative estimate of drug-likeness (QED) is 0.774. The third-order valence-corrected chi connectivity index (χ3v) is 7.56. The average molecular weight is 335 g/mol. The molecule has 0 atom stereocenters. The van der Waals surface area contributed by atoms with Crippen molar-refractivity contribution in [3.63, 3.8) is 0 Å². The Hall–Kier alpha value is -0.930. The normalized spacial score (nSPS) is 18.1. The molecular weight excluding hydrogens is 314 g/mol. The molecule has 1 fully saturated rings. The van der Waals surface area contributed by atoms with Crippen LogP contribution in [0.15, 0.2) is 11.2 Å². The van der Waals surface area contributed by atoms with Crippen LogP contribution in [-0.4, -0.2) is 54.8 Å². The Morgan fingerprint density at radius 1 is 1.29 bits per heavy atom. The van der Waals surface area contributed by atoms with Gasteiger partial charge in [-0.2, -0.15) is 4.31 Å². The van der Waals surface area contributed by atoms with E-state index in [1.165, 1.54) is 10.5 Å². The van der Waals surface area contributed by atoms with Crippen LogP contribution in [0.1, 0.15) is 32.5 Å². The lowest BCUT2D eigenvalue weighted by atomic mass is 10.2. The predicted octanol–water partition coefficient (Wildman–Crippen LogP) is 0.351. The van der Waals surface area contributed by atoms with E-state index in [0.717, 1.165) is 0 Å². The number of sulfone groups is 1. The lowest BCUT2D eigenvalue weighted by molar-refractivity contribution is 0.309. The second kappa shape index (κ2) is 5.36. The van der Waals surface area contributed by atoms with Gasteiger partial charge in [0.1, 0.15) is 5.82 Å². The van der Waals surface area contributed by atoms with Gasteiger partial charge < -0.3 is 4.57 Å². The maximum Gasteiger partial charge on any atom is 0.262 e. The van der Waals surface area contributed by atoms with Crippen molar-refractivity contribution >= 4 is 19.9 Å². The van der Waals surface area contributed by atoms with Crippen molar-refractivity contribution in [1.82, 2.24) is 13.9 Å². The second-order valence-electron chi connectivity index (χ2n) is 5.60. The van der Waals surface area contributed by atoms with Gasteiger partial charge in [-0.1, -0.05) is 20.8 Å². The average Bonchev–Trinajstić information content (AvgIpc) is 2.69. The van der Waals surface area contributed by atoms with Gasteiger partial charge >= 0.3 is 0 Å². The van der Waals surface area contributed by atoms with E-state index in [1.807, 2.05) is 13.8 Å². The van der Waals surface area contributed by atoms with Gasteiger partial charge in [-0.15, -0.1) is 0 Å². The molecule has 1 aromatic rings. The van der Waals surface area contributed by atoms with Crippen LogP contribution in [-0.2, 0) is 26.9 Å². The summed E-state index contributed by atoms with van der Waals surface area (Å²) >= 11 is 0. The van der Waals surface area contributed by atoms with Crippen LogP contribution >= 0.6 is 0 Å². The van der Waals surface area contributed by atoms with Gasteiger partial charge in [0.15, 0.2) is 14.9 Å². The highest BCUT2D eigenvalue weighted by molar-refractivity contribution is 7.92. The highest BCUT2D eigenvalue weighted by Crippen LogP contribution is 2.26. The van der Waals surface area contributed by atoms with Gasteiger partial charge in [-0.25, -0.2) is 21.8 Å². The summed E-state index contributed by atoms with van der Waals surface area (Å²) in [5.74, 6) is 0.836. The van der Waals surface area contributed by atoms with Crippen LogP contribution in [0.2, 0.25) is 0 Å². The van der Waals surface area contributed by atoms with E-state index in [-0.39, 0.29) is 29.8 Å². The summed E-state index contributed by atoms with van der Waals surface area (Å²) in [5, 5.41) is -0.605. The van der Waals surface area contributed by atoms with Gasteiger partial charge in [0.05, 0.1) is 5.25 Å². The Bertz CT molecular complexity index is 729. The Balaban J connectivity index is 2.20. The molecule has 1 saturated heterocycles. The third-order valence-electron chi connectivity index (χ3n) is 3.74. The molecule has 0 unspecified atom stereocenters. The van der Waals surface area contributed by atoms with Crippen LogP contribution in [0.5, 0.6) is 0 Å². The maximum absolute atomic E-state index is 12.4. The number of sulfonamides is 1. The molecule has 0 aromatic carbocycles. The summed E-state index contributed by atoms with van der Waals surface area (Å²) in [4.78, 5) is 4.18. The van der Waals surface area contributed by atoms with E-state index in [1.54, 1.807) is 18.5 Å². The number of hydrogen-bond acceptors (Lipinski definition) is 5. The molecule has 21 heavy (non-hydrogen) atoms. The molecule has 0 saturated carbocycles. The Morgan fingerprint density at radius 3 is 2.29 bits per heavy atom. The monoisotopic (exact) mass is 335 g/mol. The Kier molecular flexibility index (Phi) is 4.20. The van der Waals surface area contributed by atoms with Crippen LogP contribution < -0.4 is 0 Å². The van der Waals surface area contributed by atoms with Crippen LogP contribution in [0.3, 0.4) is 0 Å². The zero-order valence-corrected chi connectivity index (χ0v) is 14.3. The second-order valence-corrected chi connectivity index (χ2v) is 10.1. The summed E-state index contributed by atoms with van der Waals surface area (Å²) < 4.78 is 51.1. The molecule has 1 aliphatic rings. The Morgan fingerprint density at radius 2 is 1.86 bits per heavy atom. The number of aromatic nitrogens is 2. The first-order chi connectivity index (χ1) is 9.59. The van der Waals surface area contributed by atoms with E-state index < -0.39 is 25.1 Å². The molecule has 7 nitrogen and oxygen atoms in total. The lowest BCUT2D eigenvalue weighted by Crippen LogP contribution is -2.57. The largest absolute Gasteiger partial charge is 0.336 e. The molecule has 1 aromatic heterocycles. The van der Waals surface area contributed by atoms with E-state index in [9.17, 15) is 16.8 Å². The molecule has 0 N–H and O–H groups in total. The molecule has 2 rings (SSSR count). The lowest BCUT2D eigenvalue weighted by Gasteiger charge is -2.36. The van der Waals surface area contributed by atoms with E-state index in [0.29, 0.717) is 5.82 Å². The fourth-order valence-corrected chi connectivity index (χ4v) is 5.30. The van der Waals surface area contributed by atoms with Crippen LogP contribution in [0, 0.1) is 0 Å². The summed E-state index contributed by atoms with van der Waals surface area (Å²) in [6.45, 7) is 5.48. The minimum atomic E-state index is -3.70. The zero-order chi connectivity index (χ0) is 16.0. The van der Waals surface area contributed by atoms with Gasteiger partial charge in [0.25, 0.3) is 10.0 Å². The zero-order valence-electron chi connectivity index (χ0n) is 12.6. The van der Waals surface area contributed by atoms with Crippen LogP contribution in [0.4, 0.5) is 0 Å². The molecule has 0 spiro atoms. The van der Waals surface area contributed by atoms with E-state index >= 15 is 0 Å².